The van der Waals surface area contributed by atoms with Gasteiger partial charge in [0.15, 0.2) is 0 Å². The summed E-state index contributed by atoms with van der Waals surface area (Å²) in [7, 11) is 0. The number of aromatic amines is 1. The summed E-state index contributed by atoms with van der Waals surface area (Å²) in [5.41, 5.74) is 1.03. The van der Waals surface area contributed by atoms with E-state index in [2.05, 4.69) is 22.4 Å². The molecule has 1 saturated carbocycles. The van der Waals surface area contributed by atoms with E-state index in [-0.39, 0.29) is 6.10 Å². The zero-order valence-electron chi connectivity index (χ0n) is 8.71. The van der Waals surface area contributed by atoms with Gasteiger partial charge in [-0.1, -0.05) is 0 Å². The van der Waals surface area contributed by atoms with Crippen molar-refractivity contribution < 1.29 is 4.74 Å². The van der Waals surface area contributed by atoms with E-state index < -0.39 is 0 Å². The van der Waals surface area contributed by atoms with Crippen molar-refractivity contribution in [3.63, 3.8) is 0 Å². The van der Waals surface area contributed by atoms with Crippen molar-refractivity contribution in [1.29, 1.82) is 0 Å². The number of hydrogen-bond donors (Lipinski definition) is 2. The normalized spacial score (nSPS) is 18.1. The van der Waals surface area contributed by atoms with Crippen LogP contribution >= 0.6 is 0 Å². The second-order valence-corrected chi connectivity index (χ2v) is 4.00. The largest absolute Gasteiger partial charge is 0.472 e. The van der Waals surface area contributed by atoms with Gasteiger partial charge in [0.2, 0.25) is 5.88 Å². The average molecular weight is 195 g/mol. The minimum absolute atomic E-state index is 0.179. The predicted octanol–water partition coefficient (Wildman–Crippen LogP) is 1.24. The second-order valence-electron chi connectivity index (χ2n) is 4.00. The van der Waals surface area contributed by atoms with Crippen LogP contribution in [0.2, 0.25) is 0 Å². The second kappa shape index (κ2) is 4.00. The third kappa shape index (κ3) is 2.73. The number of aryl methyl sites for hydroxylation is 1. The molecule has 2 rings (SSSR count). The number of hydrogen-bond acceptors (Lipinski definition) is 3. The molecule has 2 N–H and O–H groups in total. The van der Waals surface area contributed by atoms with Crippen LogP contribution in [-0.4, -0.2) is 28.9 Å². The first-order chi connectivity index (χ1) is 6.74. The summed E-state index contributed by atoms with van der Waals surface area (Å²) in [5, 5.41) is 10.3. The molecule has 78 valence electrons. The molecule has 14 heavy (non-hydrogen) atoms. The molecule has 0 bridgehead atoms. The third-order valence-electron chi connectivity index (χ3n) is 2.28. The highest BCUT2D eigenvalue weighted by Gasteiger charge is 2.21. The van der Waals surface area contributed by atoms with Gasteiger partial charge in [-0.25, -0.2) is 0 Å². The van der Waals surface area contributed by atoms with E-state index in [1.54, 1.807) is 0 Å². The van der Waals surface area contributed by atoms with Crippen LogP contribution in [0.4, 0.5) is 0 Å². The lowest BCUT2D eigenvalue weighted by molar-refractivity contribution is 0.208. The highest BCUT2D eigenvalue weighted by Crippen LogP contribution is 2.18. The Bertz CT molecular complexity index is 293. The SMILES string of the molecule is Cc1cc(OC(C)CNC2CC2)n[nH]1. The summed E-state index contributed by atoms with van der Waals surface area (Å²) in [6.45, 7) is 4.92. The molecule has 1 aromatic rings. The van der Waals surface area contributed by atoms with Crippen LogP contribution < -0.4 is 10.1 Å². The number of H-pyrrole nitrogens is 1. The molecule has 0 aromatic carbocycles. The lowest BCUT2D eigenvalue weighted by Gasteiger charge is -2.12. The van der Waals surface area contributed by atoms with Gasteiger partial charge in [0, 0.05) is 24.3 Å². The van der Waals surface area contributed by atoms with Gasteiger partial charge in [-0.05, 0) is 26.7 Å². The lowest BCUT2D eigenvalue weighted by atomic mass is 10.4. The Hall–Kier alpha value is -1.03. The van der Waals surface area contributed by atoms with E-state index >= 15 is 0 Å². The number of nitrogens with zero attached hydrogens (tertiary/aromatic N) is 1. The van der Waals surface area contributed by atoms with Crippen molar-refractivity contribution in [3.8, 4) is 5.88 Å². The van der Waals surface area contributed by atoms with Crippen molar-refractivity contribution in [1.82, 2.24) is 15.5 Å². The first-order valence-electron chi connectivity index (χ1n) is 5.16. The minimum Gasteiger partial charge on any atom is -0.472 e. The first kappa shape index (κ1) is 9.52. The number of ether oxygens (including phenoxy) is 1. The van der Waals surface area contributed by atoms with Gasteiger partial charge in [-0.15, -0.1) is 5.10 Å². The molecule has 4 nitrogen and oxygen atoms in total. The van der Waals surface area contributed by atoms with Crippen LogP contribution in [0.5, 0.6) is 5.88 Å². The van der Waals surface area contributed by atoms with E-state index in [0.717, 1.165) is 18.3 Å². The van der Waals surface area contributed by atoms with Crippen LogP contribution in [0.3, 0.4) is 0 Å². The van der Waals surface area contributed by atoms with Gasteiger partial charge >= 0.3 is 0 Å². The van der Waals surface area contributed by atoms with E-state index in [9.17, 15) is 0 Å². The van der Waals surface area contributed by atoms with Crippen LogP contribution in [0.1, 0.15) is 25.5 Å². The molecule has 0 radical (unpaired) electrons. The summed E-state index contributed by atoms with van der Waals surface area (Å²) in [5.74, 6) is 0.688. The fourth-order valence-electron chi connectivity index (χ4n) is 1.32. The molecule has 0 aliphatic heterocycles. The minimum atomic E-state index is 0.179. The smallest absolute Gasteiger partial charge is 0.233 e. The van der Waals surface area contributed by atoms with Gasteiger partial charge in [0.05, 0.1) is 0 Å². The fraction of sp³-hybridized carbons (Fsp3) is 0.700. The van der Waals surface area contributed by atoms with Crippen LogP contribution in [-0.2, 0) is 0 Å². The topological polar surface area (TPSA) is 49.9 Å². The van der Waals surface area contributed by atoms with Crippen molar-refractivity contribution >= 4 is 0 Å². The summed E-state index contributed by atoms with van der Waals surface area (Å²) in [6.07, 6.45) is 2.81. The molecule has 1 aromatic heterocycles. The zero-order chi connectivity index (χ0) is 9.97. The third-order valence-corrected chi connectivity index (χ3v) is 2.28. The Kier molecular flexibility index (Phi) is 2.72. The quantitative estimate of drug-likeness (QED) is 0.743. The molecule has 4 heteroatoms. The average Bonchev–Trinajstić information content (AvgIpc) is 2.88. The highest BCUT2D eigenvalue weighted by molar-refractivity contribution is 5.12. The highest BCUT2D eigenvalue weighted by atomic mass is 16.5. The van der Waals surface area contributed by atoms with Crippen LogP contribution in [0, 0.1) is 6.92 Å². The van der Waals surface area contributed by atoms with Crippen molar-refractivity contribution in [2.24, 2.45) is 0 Å². The fourth-order valence-corrected chi connectivity index (χ4v) is 1.32. The van der Waals surface area contributed by atoms with E-state index in [1.165, 1.54) is 12.8 Å². The van der Waals surface area contributed by atoms with E-state index in [4.69, 9.17) is 4.74 Å². The maximum absolute atomic E-state index is 5.61. The molecule has 1 heterocycles. The van der Waals surface area contributed by atoms with Crippen LogP contribution in [0.25, 0.3) is 0 Å². The Labute approximate surface area is 84.0 Å². The summed E-state index contributed by atoms with van der Waals surface area (Å²) in [4.78, 5) is 0. The molecule has 1 atom stereocenters. The molecule has 1 unspecified atom stereocenters. The standard InChI is InChI=1S/C10H17N3O/c1-7-5-10(13-12-7)14-8(2)6-11-9-3-4-9/h5,8-9,11H,3-4,6H2,1-2H3,(H,12,13). The van der Waals surface area contributed by atoms with Crippen molar-refractivity contribution in [2.45, 2.75) is 38.8 Å². The Balaban J connectivity index is 1.72. The Morgan fingerprint density at radius 2 is 2.50 bits per heavy atom. The molecule has 0 spiro atoms. The molecule has 1 aliphatic rings. The molecule has 0 saturated heterocycles. The Morgan fingerprint density at radius 1 is 1.71 bits per heavy atom. The number of rotatable bonds is 5. The van der Waals surface area contributed by atoms with Crippen molar-refractivity contribution in [2.75, 3.05) is 6.54 Å². The zero-order valence-corrected chi connectivity index (χ0v) is 8.71. The maximum atomic E-state index is 5.61. The molecule has 1 aliphatic carbocycles. The first-order valence-corrected chi connectivity index (χ1v) is 5.16. The molecular formula is C10H17N3O. The summed E-state index contributed by atoms with van der Waals surface area (Å²) in [6, 6.07) is 2.65. The monoisotopic (exact) mass is 195 g/mol. The maximum Gasteiger partial charge on any atom is 0.233 e. The number of nitrogens with one attached hydrogen (secondary N) is 2. The van der Waals surface area contributed by atoms with Crippen molar-refractivity contribution in [3.05, 3.63) is 11.8 Å². The van der Waals surface area contributed by atoms with Gasteiger partial charge in [0.25, 0.3) is 0 Å². The lowest BCUT2D eigenvalue weighted by Crippen LogP contribution is -2.30. The van der Waals surface area contributed by atoms with E-state index in [1.807, 2.05) is 13.0 Å². The number of aromatic nitrogens is 2. The van der Waals surface area contributed by atoms with Crippen LogP contribution in [0.15, 0.2) is 6.07 Å². The predicted molar refractivity (Wildman–Crippen MR) is 54.4 cm³/mol. The summed E-state index contributed by atoms with van der Waals surface area (Å²) < 4.78 is 5.61. The summed E-state index contributed by atoms with van der Waals surface area (Å²) >= 11 is 0. The van der Waals surface area contributed by atoms with Gasteiger partial charge < -0.3 is 10.1 Å². The molecule has 1 fully saturated rings. The molecule has 0 amide bonds. The Morgan fingerprint density at radius 3 is 3.07 bits per heavy atom. The van der Waals surface area contributed by atoms with Gasteiger partial charge in [-0.2, -0.15) is 0 Å². The van der Waals surface area contributed by atoms with E-state index in [0.29, 0.717) is 5.88 Å². The van der Waals surface area contributed by atoms with Gasteiger partial charge in [0.1, 0.15) is 6.10 Å². The van der Waals surface area contributed by atoms with Gasteiger partial charge in [-0.3, -0.25) is 5.10 Å². The molecular weight excluding hydrogens is 178 g/mol.